The van der Waals surface area contributed by atoms with Gasteiger partial charge >= 0.3 is 0 Å². The Balaban J connectivity index is 1.53. The normalized spacial score (nSPS) is 11.0. The van der Waals surface area contributed by atoms with Crippen LogP contribution in [-0.4, -0.2) is 20.7 Å². The van der Waals surface area contributed by atoms with Gasteiger partial charge in [-0.05, 0) is 23.8 Å². The Morgan fingerprint density at radius 2 is 1.92 bits per heavy atom. The van der Waals surface area contributed by atoms with E-state index in [1.165, 1.54) is 27.8 Å². The number of fused-ring (bicyclic) bond motifs is 1. The van der Waals surface area contributed by atoms with Gasteiger partial charge in [0, 0.05) is 30.6 Å². The molecule has 0 aliphatic carbocycles. The average molecular weight is 383 g/mol. The number of halogens is 1. The molecule has 0 radical (unpaired) electrons. The standard InChI is InChI=1S/C19H15ClN4OS/c1-24-11-12(13-6-3-5-9-16(13)24)10-17-22-23-19(26-17)21-18(25)14-7-2-4-8-15(14)20/h2-9,11H,10H2,1H3,(H,21,23,25). The van der Waals surface area contributed by atoms with Gasteiger partial charge in [0.05, 0.1) is 10.6 Å². The van der Waals surface area contributed by atoms with Gasteiger partial charge in [-0.1, -0.05) is 53.3 Å². The minimum Gasteiger partial charge on any atom is -0.350 e. The van der Waals surface area contributed by atoms with Gasteiger partial charge in [-0.2, -0.15) is 0 Å². The molecule has 2 aromatic carbocycles. The Morgan fingerprint density at radius 3 is 2.77 bits per heavy atom. The fraction of sp³-hybridized carbons (Fsp3) is 0.105. The van der Waals surface area contributed by atoms with E-state index in [-0.39, 0.29) is 5.91 Å². The van der Waals surface area contributed by atoms with Crippen molar-refractivity contribution in [1.29, 1.82) is 0 Å². The summed E-state index contributed by atoms with van der Waals surface area (Å²) < 4.78 is 2.10. The molecule has 0 unspecified atom stereocenters. The van der Waals surface area contributed by atoms with Crippen LogP contribution in [0.3, 0.4) is 0 Å². The van der Waals surface area contributed by atoms with Crippen LogP contribution in [0.4, 0.5) is 5.13 Å². The number of anilines is 1. The van der Waals surface area contributed by atoms with Crippen molar-refractivity contribution in [2.24, 2.45) is 7.05 Å². The first-order valence-electron chi connectivity index (χ1n) is 8.03. The van der Waals surface area contributed by atoms with Gasteiger partial charge in [0.25, 0.3) is 5.91 Å². The number of benzene rings is 2. The summed E-state index contributed by atoms with van der Waals surface area (Å²) in [6, 6.07) is 15.2. The third-order valence-electron chi connectivity index (χ3n) is 4.13. The lowest BCUT2D eigenvalue weighted by Crippen LogP contribution is -2.12. The van der Waals surface area contributed by atoms with Crippen molar-refractivity contribution in [3.05, 3.63) is 75.9 Å². The summed E-state index contributed by atoms with van der Waals surface area (Å²) in [5, 5.41) is 14.0. The largest absolute Gasteiger partial charge is 0.350 e. The molecule has 0 saturated carbocycles. The molecule has 0 spiro atoms. The molecule has 7 heteroatoms. The molecule has 5 nitrogen and oxygen atoms in total. The summed E-state index contributed by atoms with van der Waals surface area (Å²) in [6.45, 7) is 0. The quantitative estimate of drug-likeness (QED) is 0.564. The first-order chi connectivity index (χ1) is 12.6. The van der Waals surface area contributed by atoms with E-state index in [0.717, 1.165) is 5.01 Å². The number of amides is 1. The van der Waals surface area contributed by atoms with E-state index in [1.54, 1.807) is 24.3 Å². The molecule has 0 saturated heterocycles. The maximum Gasteiger partial charge on any atom is 0.259 e. The lowest BCUT2D eigenvalue weighted by atomic mass is 10.1. The summed E-state index contributed by atoms with van der Waals surface area (Å²) in [4.78, 5) is 12.3. The lowest BCUT2D eigenvalue weighted by molar-refractivity contribution is 0.102. The van der Waals surface area contributed by atoms with E-state index >= 15 is 0 Å². The summed E-state index contributed by atoms with van der Waals surface area (Å²) in [5.74, 6) is -0.288. The summed E-state index contributed by atoms with van der Waals surface area (Å²) >= 11 is 7.43. The number of aryl methyl sites for hydroxylation is 1. The third kappa shape index (κ3) is 3.21. The van der Waals surface area contributed by atoms with Crippen LogP contribution in [0.15, 0.2) is 54.7 Å². The number of hydrogen-bond donors (Lipinski definition) is 1. The number of carbonyl (C=O) groups excluding carboxylic acids is 1. The van der Waals surface area contributed by atoms with E-state index in [4.69, 9.17) is 11.6 Å². The molecule has 0 atom stereocenters. The number of rotatable bonds is 4. The van der Waals surface area contributed by atoms with E-state index in [0.29, 0.717) is 22.1 Å². The van der Waals surface area contributed by atoms with E-state index in [9.17, 15) is 4.79 Å². The number of carbonyl (C=O) groups is 1. The number of nitrogens with one attached hydrogen (secondary N) is 1. The molecule has 0 aliphatic heterocycles. The summed E-state index contributed by atoms with van der Waals surface area (Å²) in [6.07, 6.45) is 2.77. The Bertz CT molecular complexity index is 1100. The van der Waals surface area contributed by atoms with Gasteiger partial charge in [0.1, 0.15) is 5.01 Å². The zero-order valence-electron chi connectivity index (χ0n) is 13.9. The van der Waals surface area contributed by atoms with Crippen LogP contribution in [-0.2, 0) is 13.5 Å². The monoisotopic (exact) mass is 382 g/mol. The Kier molecular flexibility index (Phi) is 4.44. The van der Waals surface area contributed by atoms with Crippen LogP contribution in [0.1, 0.15) is 20.9 Å². The van der Waals surface area contributed by atoms with Gasteiger partial charge in [0.15, 0.2) is 0 Å². The number of nitrogens with zero attached hydrogens (tertiary/aromatic N) is 3. The van der Waals surface area contributed by atoms with Crippen LogP contribution in [0.5, 0.6) is 0 Å². The highest BCUT2D eigenvalue weighted by Gasteiger charge is 2.14. The van der Waals surface area contributed by atoms with Crippen molar-refractivity contribution in [1.82, 2.24) is 14.8 Å². The first-order valence-corrected chi connectivity index (χ1v) is 9.22. The van der Waals surface area contributed by atoms with Gasteiger partial charge in [-0.3, -0.25) is 10.1 Å². The predicted octanol–water partition coefficient (Wildman–Crippen LogP) is 4.53. The highest BCUT2D eigenvalue weighted by Crippen LogP contribution is 2.26. The third-order valence-corrected chi connectivity index (χ3v) is 5.30. The molecule has 2 aromatic heterocycles. The average Bonchev–Trinajstić information content (AvgIpc) is 3.20. The molecule has 0 bridgehead atoms. The molecule has 130 valence electrons. The maximum absolute atomic E-state index is 12.3. The molecule has 4 rings (SSSR count). The SMILES string of the molecule is Cn1cc(Cc2nnc(NC(=O)c3ccccc3Cl)s2)c2ccccc21. The predicted molar refractivity (Wildman–Crippen MR) is 105 cm³/mol. The second-order valence-electron chi connectivity index (χ2n) is 5.89. The molecular formula is C19H15ClN4OS. The molecule has 26 heavy (non-hydrogen) atoms. The first kappa shape index (κ1) is 16.8. The van der Waals surface area contributed by atoms with Gasteiger partial charge in [0.2, 0.25) is 5.13 Å². The zero-order chi connectivity index (χ0) is 18.1. The van der Waals surface area contributed by atoms with Crippen LogP contribution in [0.2, 0.25) is 5.02 Å². The number of hydrogen-bond acceptors (Lipinski definition) is 4. The second-order valence-corrected chi connectivity index (χ2v) is 7.36. The van der Waals surface area contributed by atoms with Gasteiger partial charge < -0.3 is 4.57 Å². The molecule has 0 aliphatic rings. The topological polar surface area (TPSA) is 59.8 Å². The van der Waals surface area contributed by atoms with E-state index in [1.807, 2.05) is 19.2 Å². The van der Waals surface area contributed by atoms with E-state index in [2.05, 4.69) is 38.4 Å². The summed E-state index contributed by atoms with van der Waals surface area (Å²) in [5.41, 5.74) is 2.78. The van der Waals surface area contributed by atoms with Crippen LogP contribution in [0, 0.1) is 0 Å². The molecule has 1 N–H and O–H groups in total. The van der Waals surface area contributed by atoms with Crippen molar-refractivity contribution in [3.63, 3.8) is 0 Å². The fourth-order valence-corrected chi connectivity index (χ4v) is 3.89. The van der Waals surface area contributed by atoms with Crippen molar-refractivity contribution >= 4 is 44.9 Å². The van der Waals surface area contributed by atoms with Crippen molar-refractivity contribution in [3.8, 4) is 0 Å². The van der Waals surface area contributed by atoms with Crippen molar-refractivity contribution < 1.29 is 4.79 Å². The van der Waals surface area contributed by atoms with Crippen LogP contribution in [0.25, 0.3) is 10.9 Å². The van der Waals surface area contributed by atoms with Crippen LogP contribution >= 0.6 is 22.9 Å². The van der Waals surface area contributed by atoms with Crippen molar-refractivity contribution in [2.75, 3.05) is 5.32 Å². The Morgan fingerprint density at radius 1 is 1.15 bits per heavy atom. The molecule has 0 fully saturated rings. The smallest absolute Gasteiger partial charge is 0.259 e. The lowest BCUT2D eigenvalue weighted by Gasteiger charge is -2.02. The molecular weight excluding hydrogens is 368 g/mol. The number of para-hydroxylation sites is 1. The molecule has 4 aromatic rings. The minimum atomic E-state index is -0.288. The highest BCUT2D eigenvalue weighted by atomic mass is 35.5. The Labute approximate surface area is 159 Å². The fourth-order valence-electron chi connectivity index (χ4n) is 2.91. The zero-order valence-corrected chi connectivity index (χ0v) is 15.5. The summed E-state index contributed by atoms with van der Waals surface area (Å²) in [7, 11) is 2.03. The molecule has 2 heterocycles. The molecule has 1 amide bonds. The second kappa shape index (κ2) is 6.90. The van der Waals surface area contributed by atoms with Gasteiger partial charge in [-0.25, -0.2) is 0 Å². The minimum absolute atomic E-state index is 0.288. The van der Waals surface area contributed by atoms with E-state index < -0.39 is 0 Å². The maximum atomic E-state index is 12.3. The highest BCUT2D eigenvalue weighted by molar-refractivity contribution is 7.15. The van der Waals surface area contributed by atoms with Crippen molar-refractivity contribution in [2.45, 2.75) is 6.42 Å². The Hall–Kier alpha value is -2.70. The number of aromatic nitrogens is 3. The van der Waals surface area contributed by atoms with Crippen LogP contribution < -0.4 is 5.32 Å². The van der Waals surface area contributed by atoms with Gasteiger partial charge in [-0.15, -0.1) is 10.2 Å².